The van der Waals surface area contributed by atoms with Gasteiger partial charge in [-0.15, -0.1) is 0 Å². The van der Waals surface area contributed by atoms with Crippen LogP contribution in [0.4, 0.5) is 0 Å². The maximum Gasteiger partial charge on any atom is 0.231 e. The van der Waals surface area contributed by atoms with Gasteiger partial charge in [0.2, 0.25) is 11.8 Å². The van der Waals surface area contributed by atoms with Crippen molar-refractivity contribution in [3.63, 3.8) is 0 Å². The molecular formula is C23H28N2O4. The average molecular weight is 396 g/mol. The molecule has 0 radical (unpaired) electrons. The molecule has 6 heteroatoms. The van der Waals surface area contributed by atoms with Crippen molar-refractivity contribution in [2.24, 2.45) is 11.8 Å². The van der Waals surface area contributed by atoms with E-state index in [1.54, 1.807) is 19.3 Å². The molecule has 0 saturated carbocycles. The average Bonchev–Trinajstić information content (AvgIpc) is 3.30. The number of hydrogen-bond donors (Lipinski definition) is 1. The summed E-state index contributed by atoms with van der Waals surface area (Å²) in [6.07, 6.45) is 3.83. The predicted molar refractivity (Wildman–Crippen MR) is 110 cm³/mol. The Labute approximate surface area is 171 Å². The van der Waals surface area contributed by atoms with Crippen molar-refractivity contribution in [1.29, 1.82) is 0 Å². The van der Waals surface area contributed by atoms with Crippen LogP contribution in [0.15, 0.2) is 48.8 Å². The predicted octanol–water partition coefficient (Wildman–Crippen LogP) is 3.32. The number of aromatic nitrogens is 1. The summed E-state index contributed by atoms with van der Waals surface area (Å²) in [4.78, 5) is 37.6. The lowest BCUT2D eigenvalue weighted by atomic mass is 9.92. The number of Topliss-reactive ketones (excluding diaryl/α,β-unsaturated/α-hetero) is 1. The van der Waals surface area contributed by atoms with Gasteiger partial charge in [0, 0.05) is 24.7 Å². The first-order chi connectivity index (χ1) is 13.8. The first-order valence-electron chi connectivity index (χ1n) is 10.1. The van der Waals surface area contributed by atoms with Crippen molar-refractivity contribution < 1.29 is 19.1 Å². The summed E-state index contributed by atoms with van der Waals surface area (Å²) in [5.74, 6) is -0.784. The number of amides is 1. The Balaban J connectivity index is 1.69. The lowest BCUT2D eigenvalue weighted by molar-refractivity contribution is -0.129. The highest BCUT2D eigenvalue weighted by atomic mass is 16.5. The summed E-state index contributed by atoms with van der Waals surface area (Å²) < 4.78 is 6.84. The van der Waals surface area contributed by atoms with Crippen LogP contribution in [0.25, 0.3) is 11.1 Å². The van der Waals surface area contributed by atoms with Gasteiger partial charge in [0.05, 0.1) is 6.10 Å². The van der Waals surface area contributed by atoms with Gasteiger partial charge >= 0.3 is 0 Å². The highest BCUT2D eigenvalue weighted by Gasteiger charge is 2.35. The van der Waals surface area contributed by atoms with E-state index in [9.17, 15) is 14.4 Å². The number of benzene rings is 1. The Hall–Kier alpha value is -2.73. The molecule has 0 spiro atoms. The zero-order chi connectivity index (χ0) is 21.0. The number of nitrogens with zero attached hydrogens (tertiary/aromatic N) is 1. The molecule has 29 heavy (non-hydrogen) atoms. The number of carbonyl (C=O) groups excluding carboxylic acids is 3. The van der Waals surface area contributed by atoms with Crippen LogP contribution in [-0.4, -0.2) is 40.9 Å². The first kappa shape index (κ1) is 21.0. The molecule has 1 aliphatic heterocycles. The molecule has 1 aromatic carbocycles. The van der Waals surface area contributed by atoms with Crippen LogP contribution in [0.5, 0.6) is 0 Å². The molecule has 3 atom stereocenters. The minimum Gasteiger partial charge on any atom is -0.368 e. The van der Waals surface area contributed by atoms with Crippen LogP contribution in [0.2, 0.25) is 0 Å². The largest absolute Gasteiger partial charge is 0.368 e. The maximum absolute atomic E-state index is 12.8. The van der Waals surface area contributed by atoms with Gasteiger partial charge in [0.25, 0.3) is 0 Å². The lowest BCUT2D eigenvalue weighted by Gasteiger charge is -2.21. The minimum atomic E-state index is -0.636. The van der Waals surface area contributed by atoms with Crippen LogP contribution >= 0.6 is 0 Å². The monoisotopic (exact) mass is 396 g/mol. The summed E-state index contributed by atoms with van der Waals surface area (Å²) in [7, 11) is 0. The van der Waals surface area contributed by atoms with Crippen LogP contribution < -0.4 is 5.32 Å². The summed E-state index contributed by atoms with van der Waals surface area (Å²) in [5, 5.41) is 2.80. The molecule has 1 amide bonds. The molecule has 1 fully saturated rings. The van der Waals surface area contributed by atoms with Crippen LogP contribution in [0.3, 0.4) is 0 Å². The normalized spacial score (nSPS) is 20.1. The summed E-state index contributed by atoms with van der Waals surface area (Å²) in [6, 6.07) is 11.1. The molecular weight excluding hydrogens is 368 g/mol. The van der Waals surface area contributed by atoms with Crippen molar-refractivity contribution in [3.8, 4) is 11.1 Å². The number of ether oxygens (including phenoxy) is 1. The molecule has 1 saturated heterocycles. The molecule has 1 unspecified atom stereocenters. The Kier molecular flexibility index (Phi) is 6.64. The van der Waals surface area contributed by atoms with Gasteiger partial charge in [-0.3, -0.25) is 19.0 Å². The van der Waals surface area contributed by atoms with Crippen molar-refractivity contribution in [2.45, 2.75) is 45.8 Å². The van der Waals surface area contributed by atoms with E-state index in [0.717, 1.165) is 11.1 Å². The number of rotatable bonds is 7. The number of nitrogens with one attached hydrogen (secondary N) is 1. The number of hydrogen-bond acceptors (Lipinski definition) is 4. The zero-order valence-corrected chi connectivity index (χ0v) is 17.1. The van der Waals surface area contributed by atoms with Gasteiger partial charge < -0.3 is 10.1 Å². The molecule has 0 aliphatic carbocycles. The quantitative estimate of drug-likeness (QED) is 0.779. The topological polar surface area (TPSA) is 77.4 Å². The highest BCUT2D eigenvalue weighted by Crippen LogP contribution is 2.22. The maximum atomic E-state index is 12.8. The van der Waals surface area contributed by atoms with Crippen LogP contribution in [0.1, 0.15) is 38.4 Å². The molecule has 0 bridgehead atoms. The fraction of sp³-hybridized carbons (Fsp3) is 0.435. The Morgan fingerprint density at radius 2 is 1.90 bits per heavy atom. The van der Waals surface area contributed by atoms with E-state index >= 15 is 0 Å². The second-order valence-electron chi connectivity index (χ2n) is 8.07. The van der Waals surface area contributed by atoms with Crippen LogP contribution in [-0.2, 0) is 14.3 Å². The van der Waals surface area contributed by atoms with E-state index in [1.807, 2.05) is 50.2 Å². The van der Waals surface area contributed by atoms with Gasteiger partial charge in [-0.25, -0.2) is 0 Å². The van der Waals surface area contributed by atoms with Gasteiger partial charge in [0.15, 0.2) is 5.78 Å². The van der Waals surface area contributed by atoms with Gasteiger partial charge in [-0.1, -0.05) is 44.2 Å². The van der Waals surface area contributed by atoms with E-state index in [-0.39, 0.29) is 42.6 Å². The molecule has 1 aliphatic rings. The molecule has 2 aromatic rings. The number of carbonyl (C=O) groups is 3. The third-order valence-corrected chi connectivity index (χ3v) is 5.24. The van der Waals surface area contributed by atoms with Crippen molar-refractivity contribution in [1.82, 2.24) is 9.88 Å². The minimum absolute atomic E-state index is 0.0194. The Bertz CT molecular complexity index is 872. The van der Waals surface area contributed by atoms with E-state index < -0.39 is 12.0 Å². The molecule has 154 valence electrons. The van der Waals surface area contributed by atoms with Crippen molar-refractivity contribution >= 4 is 17.6 Å². The smallest absolute Gasteiger partial charge is 0.231 e. The second kappa shape index (κ2) is 9.18. The first-order valence-corrected chi connectivity index (χ1v) is 10.1. The van der Waals surface area contributed by atoms with Crippen LogP contribution in [0, 0.1) is 11.8 Å². The third kappa shape index (κ3) is 5.21. The Morgan fingerprint density at radius 3 is 2.52 bits per heavy atom. The second-order valence-corrected chi connectivity index (χ2v) is 8.07. The standard InChI is InChI=1S/C23H28N2O4/c1-15(2)11-19(23(28)24-22-16(3)29-14-20(22)26)12-21(27)25-10-9-18(13-25)17-7-5-4-6-8-17/h4-10,13,15-16,19,22H,11-12,14H2,1-3H3,(H,24,28)/t16?,19-,22+/m1/s1. The third-order valence-electron chi connectivity index (χ3n) is 5.24. The van der Waals surface area contributed by atoms with Gasteiger partial charge in [-0.05, 0) is 36.5 Å². The van der Waals surface area contributed by atoms with Crippen molar-refractivity contribution in [2.75, 3.05) is 6.61 Å². The fourth-order valence-corrected chi connectivity index (χ4v) is 3.65. The highest BCUT2D eigenvalue weighted by molar-refractivity contribution is 5.93. The lowest BCUT2D eigenvalue weighted by Crippen LogP contribution is -2.46. The zero-order valence-electron chi connectivity index (χ0n) is 17.1. The number of ketones is 1. The van der Waals surface area contributed by atoms with E-state index in [2.05, 4.69) is 5.32 Å². The van der Waals surface area contributed by atoms with Gasteiger partial charge in [-0.2, -0.15) is 0 Å². The molecule has 2 heterocycles. The molecule has 3 rings (SSSR count). The summed E-state index contributed by atoms with van der Waals surface area (Å²) in [6.45, 7) is 5.82. The van der Waals surface area contributed by atoms with E-state index in [4.69, 9.17) is 4.74 Å². The molecule has 1 aromatic heterocycles. The molecule has 1 N–H and O–H groups in total. The fourth-order valence-electron chi connectivity index (χ4n) is 3.65. The van der Waals surface area contributed by atoms with Crippen molar-refractivity contribution in [3.05, 3.63) is 48.8 Å². The van der Waals surface area contributed by atoms with E-state index in [0.29, 0.717) is 6.42 Å². The summed E-state index contributed by atoms with van der Waals surface area (Å²) in [5.41, 5.74) is 1.98. The molecule has 6 nitrogen and oxygen atoms in total. The summed E-state index contributed by atoms with van der Waals surface area (Å²) >= 11 is 0. The SMILES string of the molecule is CC(C)C[C@H](CC(=O)n1ccc(-c2ccccc2)c1)C(=O)N[C@@H]1C(=O)COC1C. The Morgan fingerprint density at radius 1 is 1.17 bits per heavy atom. The van der Waals surface area contributed by atoms with E-state index in [1.165, 1.54) is 4.57 Å². The van der Waals surface area contributed by atoms with Gasteiger partial charge in [0.1, 0.15) is 12.6 Å².